The van der Waals surface area contributed by atoms with Crippen LogP contribution in [0.15, 0.2) is 24.4 Å². The van der Waals surface area contributed by atoms with Gasteiger partial charge in [-0.15, -0.1) is 0 Å². The minimum absolute atomic E-state index is 0.0100. The first-order valence-electron chi connectivity index (χ1n) is 10.2. The minimum Gasteiger partial charge on any atom is -0.496 e. The molecule has 0 bridgehead atoms. The smallest absolute Gasteiger partial charge is 0.226 e. The summed E-state index contributed by atoms with van der Waals surface area (Å²) in [7, 11) is 1.71. The SMILES string of the molecule is COc1ccc(C2CC(=O)Nc3c2cnn3C(C)(C)C)cc1CN1CCOCC1. The van der Waals surface area contributed by atoms with E-state index < -0.39 is 0 Å². The van der Waals surface area contributed by atoms with Crippen LogP contribution in [0.1, 0.15) is 49.8 Å². The topological polar surface area (TPSA) is 68.6 Å². The molecule has 0 radical (unpaired) electrons. The van der Waals surface area contributed by atoms with Gasteiger partial charge in [-0.3, -0.25) is 9.69 Å². The molecular weight excluding hydrogens is 368 g/mol. The number of anilines is 1. The molecule has 3 heterocycles. The van der Waals surface area contributed by atoms with Gasteiger partial charge in [0.25, 0.3) is 0 Å². The van der Waals surface area contributed by atoms with Crippen molar-refractivity contribution in [2.75, 3.05) is 38.7 Å². The second-order valence-corrected chi connectivity index (χ2v) is 8.80. The number of morpholine rings is 1. The number of rotatable bonds is 4. The molecule has 1 atom stereocenters. The maximum absolute atomic E-state index is 12.5. The molecule has 2 aliphatic rings. The van der Waals surface area contributed by atoms with Gasteiger partial charge in [-0.05, 0) is 32.4 Å². The Balaban J connectivity index is 1.69. The van der Waals surface area contributed by atoms with Gasteiger partial charge in [-0.25, -0.2) is 4.68 Å². The minimum atomic E-state index is -0.204. The predicted octanol–water partition coefficient (Wildman–Crippen LogP) is 2.95. The first-order chi connectivity index (χ1) is 13.9. The molecular formula is C22H30N4O3. The first kappa shape index (κ1) is 19.9. The van der Waals surface area contributed by atoms with E-state index in [1.807, 2.05) is 16.9 Å². The number of carbonyl (C=O) groups is 1. The molecule has 1 N–H and O–H groups in total. The summed E-state index contributed by atoms with van der Waals surface area (Å²) in [4.78, 5) is 14.9. The quantitative estimate of drug-likeness (QED) is 0.858. The van der Waals surface area contributed by atoms with Crippen molar-refractivity contribution >= 4 is 11.7 Å². The molecule has 7 nitrogen and oxygen atoms in total. The van der Waals surface area contributed by atoms with Crippen LogP contribution in [0.2, 0.25) is 0 Å². The van der Waals surface area contributed by atoms with Crippen LogP contribution in [0.25, 0.3) is 0 Å². The molecule has 1 unspecified atom stereocenters. The van der Waals surface area contributed by atoms with Crippen LogP contribution in [0.5, 0.6) is 5.75 Å². The molecule has 0 aliphatic carbocycles. The lowest BCUT2D eigenvalue weighted by Crippen LogP contribution is -2.35. The van der Waals surface area contributed by atoms with Gasteiger partial charge in [0, 0.05) is 43.1 Å². The zero-order valence-corrected chi connectivity index (χ0v) is 17.7. The molecule has 1 saturated heterocycles. The fourth-order valence-corrected chi connectivity index (χ4v) is 4.16. The van der Waals surface area contributed by atoms with Crippen LogP contribution in [0.3, 0.4) is 0 Å². The summed E-state index contributed by atoms with van der Waals surface area (Å²) >= 11 is 0. The number of hydrogen-bond donors (Lipinski definition) is 1. The molecule has 0 spiro atoms. The van der Waals surface area contributed by atoms with Gasteiger partial charge in [0.1, 0.15) is 11.6 Å². The van der Waals surface area contributed by atoms with E-state index in [4.69, 9.17) is 9.47 Å². The zero-order chi connectivity index (χ0) is 20.6. The number of amides is 1. The van der Waals surface area contributed by atoms with Gasteiger partial charge in [0.2, 0.25) is 5.91 Å². The van der Waals surface area contributed by atoms with Gasteiger partial charge in [-0.2, -0.15) is 5.10 Å². The second-order valence-electron chi connectivity index (χ2n) is 8.80. The molecule has 4 rings (SSSR count). The van der Waals surface area contributed by atoms with Gasteiger partial charge in [0.05, 0.1) is 32.1 Å². The summed E-state index contributed by atoms with van der Waals surface area (Å²) in [5.74, 6) is 1.71. The fraction of sp³-hybridized carbons (Fsp3) is 0.545. The number of methoxy groups -OCH3 is 1. The number of carbonyl (C=O) groups excluding carboxylic acids is 1. The average Bonchev–Trinajstić information content (AvgIpc) is 3.12. The predicted molar refractivity (Wildman–Crippen MR) is 111 cm³/mol. The largest absolute Gasteiger partial charge is 0.496 e. The lowest BCUT2D eigenvalue weighted by Gasteiger charge is -2.29. The van der Waals surface area contributed by atoms with E-state index in [1.165, 1.54) is 0 Å². The van der Waals surface area contributed by atoms with Crippen LogP contribution in [0.4, 0.5) is 5.82 Å². The average molecular weight is 399 g/mol. The summed E-state index contributed by atoms with van der Waals surface area (Å²) in [6.45, 7) is 10.4. The molecule has 29 heavy (non-hydrogen) atoms. The van der Waals surface area contributed by atoms with Gasteiger partial charge in [-0.1, -0.05) is 12.1 Å². The summed E-state index contributed by atoms with van der Waals surface area (Å²) < 4.78 is 13.0. The Hall–Kier alpha value is -2.38. The molecule has 156 valence electrons. The normalized spacial score (nSPS) is 20.3. The summed E-state index contributed by atoms with van der Waals surface area (Å²) in [5, 5.41) is 7.62. The standard InChI is InChI=1S/C22H30N4O3/c1-22(2,3)26-21-18(13-23-26)17(12-20(27)24-21)15-5-6-19(28-4)16(11-15)14-25-7-9-29-10-8-25/h5-6,11,13,17H,7-10,12,14H2,1-4H3,(H,24,27). The Morgan fingerprint density at radius 3 is 2.72 bits per heavy atom. The molecule has 1 fully saturated rings. The number of benzene rings is 1. The van der Waals surface area contributed by atoms with Crippen molar-refractivity contribution in [3.05, 3.63) is 41.1 Å². The number of aromatic nitrogens is 2. The van der Waals surface area contributed by atoms with Crippen molar-refractivity contribution in [2.45, 2.75) is 45.2 Å². The maximum Gasteiger partial charge on any atom is 0.226 e. The van der Waals surface area contributed by atoms with E-state index in [9.17, 15) is 4.79 Å². The fourth-order valence-electron chi connectivity index (χ4n) is 4.16. The second kappa shape index (κ2) is 7.80. The van der Waals surface area contributed by atoms with Gasteiger partial charge in [0.15, 0.2) is 0 Å². The first-order valence-corrected chi connectivity index (χ1v) is 10.2. The lowest BCUT2D eigenvalue weighted by molar-refractivity contribution is -0.116. The van der Waals surface area contributed by atoms with E-state index in [2.05, 4.69) is 48.2 Å². The Bertz CT molecular complexity index is 894. The van der Waals surface area contributed by atoms with Crippen molar-refractivity contribution in [3.63, 3.8) is 0 Å². The van der Waals surface area contributed by atoms with Crippen molar-refractivity contribution in [3.8, 4) is 5.75 Å². The van der Waals surface area contributed by atoms with Crippen LogP contribution in [-0.4, -0.2) is 54.0 Å². The van der Waals surface area contributed by atoms with Crippen molar-refractivity contribution in [1.82, 2.24) is 14.7 Å². The summed E-state index contributed by atoms with van der Waals surface area (Å²) in [6, 6.07) is 6.28. The Labute approximate surface area is 172 Å². The highest BCUT2D eigenvalue weighted by atomic mass is 16.5. The molecule has 7 heteroatoms. The third kappa shape index (κ3) is 4.02. The number of nitrogens with zero attached hydrogens (tertiary/aromatic N) is 3. The molecule has 1 amide bonds. The van der Waals surface area contributed by atoms with Crippen molar-refractivity contribution in [1.29, 1.82) is 0 Å². The summed E-state index contributed by atoms with van der Waals surface area (Å²) in [6.07, 6.45) is 2.32. The Morgan fingerprint density at radius 2 is 2.03 bits per heavy atom. The van der Waals surface area contributed by atoms with E-state index in [1.54, 1.807) is 7.11 Å². The molecule has 2 aromatic rings. The van der Waals surface area contributed by atoms with E-state index in [0.717, 1.165) is 61.1 Å². The van der Waals surface area contributed by atoms with Crippen LogP contribution in [-0.2, 0) is 21.6 Å². The number of hydrogen-bond acceptors (Lipinski definition) is 5. The highest BCUT2D eigenvalue weighted by Gasteiger charge is 2.33. The third-order valence-electron chi connectivity index (χ3n) is 5.66. The monoisotopic (exact) mass is 398 g/mol. The Morgan fingerprint density at radius 1 is 1.28 bits per heavy atom. The van der Waals surface area contributed by atoms with Crippen LogP contribution >= 0.6 is 0 Å². The van der Waals surface area contributed by atoms with Gasteiger partial charge < -0.3 is 14.8 Å². The van der Waals surface area contributed by atoms with E-state index in [0.29, 0.717) is 6.42 Å². The molecule has 0 saturated carbocycles. The van der Waals surface area contributed by atoms with Crippen LogP contribution < -0.4 is 10.1 Å². The highest BCUT2D eigenvalue weighted by molar-refractivity contribution is 5.94. The lowest BCUT2D eigenvalue weighted by atomic mass is 9.86. The number of ether oxygens (including phenoxy) is 2. The number of fused-ring (bicyclic) bond motifs is 1. The molecule has 1 aromatic carbocycles. The van der Waals surface area contributed by atoms with Crippen LogP contribution in [0, 0.1) is 0 Å². The van der Waals surface area contributed by atoms with E-state index in [-0.39, 0.29) is 17.4 Å². The molecule has 1 aromatic heterocycles. The van der Waals surface area contributed by atoms with E-state index >= 15 is 0 Å². The van der Waals surface area contributed by atoms with Crippen molar-refractivity contribution in [2.24, 2.45) is 0 Å². The third-order valence-corrected chi connectivity index (χ3v) is 5.66. The van der Waals surface area contributed by atoms with Crippen molar-refractivity contribution < 1.29 is 14.3 Å². The highest BCUT2D eigenvalue weighted by Crippen LogP contribution is 2.40. The van der Waals surface area contributed by atoms with Gasteiger partial charge >= 0.3 is 0 Å². The molecule has 2 aliphatic heterocycles. The maximum atomic E-state index is 12.5. The number of nitrogens with one attached hydrogen (secondary N) is 1. The Kier molecular flexibility index (Phi) is 5.36. The summed E-state index contributed by atoms with van der Waals surface area (Å²) in [5.41, 5.74) is 3.13. The zero-order valence-electron chi connectivity index (χ0n) is 17.7.